The van der Waals surface area contributed by atoms with Gasteiger partial charge in [-0.25, -0.2) is 12.4 Å². The first kappa shape index (κ1) is 21.8. The average molecular weight is 453 g/mol. The van der Waals surface area contributed by atoms with Gasteiger partial charge in [-0.2, -0.15) is 13.2 Å². The van der Waals surface area contributed by atoms with E-state index in [-0.39, 0.29) is 22.7 Å². The van der Waals surface area contributed by atoms with Crippen LogP contribution in [0.1, 0.15) is 16.8 Å². The average Bonchev–Trinajstić information content (AvgIpc) is 3.14. The Labute approximate surface area is 177 Å². The van der Waals surface area contributed by atoms with Crippen molar-refractivity contribution in [1.82, 2.24) is 14.2 Å². The number of rotatable bonds is 5. The molecule has 0 unspecified atom stereocenters. The zero-order valence-corrected chi connectivity index (χ0v) is 17.4. The number of nitrogens with one attached hydrogen (secondary N) is 1. The van der Waals surface area contributed by atoms with E-state index in [9.17, 15) is 26.7 Å². The largest absolute Gasteiger partial charge is 0.416 e. The van der Waals surface area contributed by atoms with Crippen molar-refractivity contribution in [2.24, 2.45) is 0 Å². The number of piperazine rings is 1. The lowest BCUT2D eigenvalue weighted by Crippen LogP contribution is -2.42. The van der Waals surface area contributed by atoms with Crippen LogP contribution in [0, 0.1) is 0 Å². The van der Waals surface area contributed by atoms with Crippen LogP contribution in [0.25, 0.3) is 10.9 Å². The number of nitrogens with zero attached hydrogens (tertiary/aromatic N) is 2. The predicted molar refractivity (Wildman–Crippen MR) is 110 cm³/mol. The summed E-state index contributed by atoms with van der Waals surface area (Å²) < 4.78 is 68.5. The number of aromatic nitrogens is 1. The van der Waals surface area contributed by atoms with E-state index in [1.807, 2.05) is 4.90 Å². The Morgan fingerprint density at radius 2 is 1.71 bits per heavy atom. The summed E-state index contributed by atoms with van der Waals surface area (Å²) in [6.45, 7) is 2.43. The van der Waals surface area contributed by atoms with Crippen LogP contribution >= 0.6 is 0 Å². The molecule has 1 aromatic heterocycles. The Hall–Kier alpha value is -2.40. The molecule has 6 nitrogen and oxygen atoms in total. The standard InChI is InChI=1S/C21H22F3N3O3S/c22-21(23,24)16-10-15(13-26-8-6-25-7-9-26)19-12-17(14-28)27(20(19)11-16)31(29,30)18-4-2-1-3-5-18/h1-5,10-12,25,28H,6-9,13-14H2. The van der Waals surface area contributed by atoms with Crippen molar-refractivity contribution < 1.29 is 26.7 Å². The van der Waals surface area contributed by atoms with Gasteiger partial charge in [0.2, 0.25) is 0 Å². The molecule has 3 aromatic rings. The highest BCUT2D eigenvalue weighted by molar-refractivity contribution is 7.90. The second-order valence-electron chi connectivity index (χ2n) is 7.47. The molecule has 4 rings (SSSR count). The van der Waals surface area contributed by atoms with Crippen LogP contribution in [-0.2, 0) is 29.4 Å². The van der Waals surface area contributed by atoms with Gasteiger partial charge >= 0.3 is 6.18 Å². The molecule has 2 N–H and O–H groups in total. The second kappa shape index (κ2) is 8.27. The third-order valence-electron chi connectivity index (χ3n) is 5.41. The monoisotopic (exact) mass is 453 g/mol. The van der Waals surface area contributed by atoms with Crippen LogP contribution in [0.3, 0.4) is 0 Å². The number of alkyl halides is 3. The predicted octanol–water partition coefficient (Wildman–Crippen LogP) is 2.79. The summed E-state index contributed by atoms with van der Waals surface area (Å²) in [5.41, 5.74) is -0.617. The third-order valence-corrected chi connectivity index (χ3v) is 7.19. The molecule has 1 fully saturated rings. The highest BCUT2D eigenvalue weighted by atomic mass is 32.2. The van der Waals surface area contributed by atoms with Gasteiger partial charge in [-0.3, -0.25) is 4.90 Å². The Bertz CT molecular complexity index is 1190. The first-order chi connectivity index (χ1) is 14.7. The summed E-state index contributed by atoms with van der Waals surface area (Å²) in [6, 6.07) is 10.8. The van der Waals surface area contributed by atoms with Crippen LogP contribution in [0.4, 0.5) is 13.2 Å². The van der Waals surface area contributed by atoms with Gasteiger partial charge in [0.1, 0.15) is 0 Å². The first-order valence-electron chi connectivity index (χ1n) is 9.81. The molecule has 0 bridgehead atoms. The van der Waals surface area contributed by atoms with Crippen molar-refractivity contribution in [1.29, 1.82) is 0 Å². The van der Waals surface area contributed by atoms with E-state index in [1.54, 1.807) is 6.07 Å². The van der Waals surface area contributed by atoms with Gasteiger partial charge < -0.3 is 10.4 Å². The topological polar surface area (TPSA) is 74.6 Å². The molecule has 10 heteroatoms. The fraction of sp³-hybridized carbons (Fsp3) is 0.333. The van der Waals surface area contributed by atoms with Gasteiger partial charge in [0.05, 0.1) is 28.3 Å². The smallest absolute Gasteiger partial charge is 0.390 e. The molecule has 31 heavy (non-hydrogen) atoms. The Morgan fingerprint density at radius 3 is 2.32 bits per heavy atom. The van der Waals surface area contributed by atoms with Crippen molar-refractivity contribution in [3.63, 3.8) is 0 Å². The number of benzene rings is 2. The minimum Gasteiger partial charge on any atom is -0.390 e. The van der Waals surface area contributed by atoms with E-state index in [0.717, 1.165) is 29.2 Å². The molecule has 2 aromatic carbocycles. The zero-order chi connectivity index (χ0) is 22.2. The van der Waals surface area contributed by atoms with Crippen molar-refractivity contribution >= 4 is 20.9 Å². The zero-order valence-electron chi connectivity index (χ0n) is 16.6. The number of fused-ring (bicyclic) bond motifs is 1. The molecule has 2 heterocycles. The second-order valence-corrected chi connectivity index (χ2v) is 9.26. The minimum atomic E-state index is -4.64. The van der Waals surface area contributed by atoms with E-state index in [4.69, 9.17) is 0 Å². The molecule has 0 atom stereocenters. The quantitative estimate of drug-likeness (QED) is 0.622. The number of halogens is 3. The third kappa shape index (κ3) is 4.20. The summed E-state index contributed by atoms with van der Waals surface area (Å²) in [4.78, 5) is 1.95. The van der Waals surface area contributed by atoms with Crippen LogP contribution in [0.15, 0.2) is 53.4 Å². The van der Waals surface area contributed by atoms with E-state index < -0.39 is 28.4 Å². The molecule has 0 aliphatic carbocycles. The lowest BCUT2D eigenvalue weighted by Gasteiger charge is -2.27. The molecular weight excluding hydrogens is 431 g/mol. The van der Waals surface area contributed by atoms with E-state index >= 15 is 0 Å². The Morgan fingerprint density at radius 1 is 1.03 bits per heavy atom. The Balaban J connectivity index is 1.95. The minimum absolute atomic E-state index is 0.0136. The SMILES string of the molecule is O=S(=O)(c1ccccc1)n1c(CO)cc2c(CN3CCNCC3)cc(C(F)(F)F)cc21. The fourth-order valence-corrected chi connectivity index (χ4v) is 5.45. The van der Waals surface area contributed by atoms with Gasteiger partial charge in [0.25, 0.3) is 10.0 Å². The molecule has 1 aliphatic heterocycles. The molecule has 0 amide bonds. The maximum absolute atomic E-state index is 13.7. The molecule has 0 radical (unpaired) electrons. The van der Waals surface area contributed by atoms with Crippen LogP contribution < -0.4 is 5.32 Å². The normalized spacial score (nSPS) is 16.1. The van der Waals surface area contributed by atoms with Crippen molar-refractivity contribution in [2.75, 3.05) is 26.2 Å². The highest BCUT2D eigenvalue weighted by Crippen LogP contribution is 2.36. The number of aliphatic hydroxyl groups is 1. The number of hydrogen-bond donors (Lipinski definition) is 2. The number of hydrogen-bond acceptors (Lipinski definition) is 5. The maximum atomic E-state index is 13.7. The molecule has 1 aliphatic rings. The van der Waals surface area contributed by atoms with E-state index in [1.165, 1.54) is 30.3 Å². The first-order valence-corrected chi connectivity index (χ1v) is 11.2. The summed E-state index contributed by atoms with van der Waals surface area (Å²) in [5, 5.41) is 13.4. The molecule has 0 saturated carbocycles. The lowest BCUT2D eigenvalue weighted by atomic mass is 10.0. The van der Waals surface area contributed by atoms with Gasteiger partial charge in [0, 0.05) is 38.1 Å². The lowest BCUT2D eigenvalue weighted by molar-refractivity contribution is -0.137. The summed E-state index contributed by atoms with van der Waals surface area (Å²) in [6.07, 6.45) is -4.64. The molecule has 166 valence electrons. The van der Waals surface area contributed by atoms with Crippen LogP contribution in [-0.4, -0.2) is 48.6 Å². The van der Waals surface area contributed by atoms with Crippen molar-refractivity contribution in [3.8, 4) is 0 Å². The number of aliphatic hydroxyl groups excluding tert-OH is 1. The van der Waals surface area contributed by atoms with Gasteiger partial charge in [0.15, 0.2) is 0 Å². The molecular formula is C21H22F3N3O3S. The molecule has 1 saturated heterocycles. The summed E-state index contributed by atoms with van der Waals surface area (Å²) in [7, 11) is -4.21. The summed E-state index contributed by atoms with van der Waals surface area (Å²) in [5.74, 6) is 0. The van der Waals surface area contributed by atoms with Crippen LogP contribution in [0.5, 0.6) is 0 Å². The van der Waals surface area contributed by atoms with Crippen molar-refractivity contribution in [2.45, 2.75) is 24.2 Å². The van der Waals surface area contributed by atoms with E-state index in [0.29, 0.717) is 24.0 Å². The summed E-state index contributed by atoms with van der Waals surface area (Å²) >= 11 is 0. The van der Waals surface area contributed by atoms with Gasteiger partial charge in [-0.1, -0.05) is 18.2 Å². The van der Waals surface area contributed by atoms with Crippen LogP contribution in [0.2, 0.25) is 0 Å². The van der Waals surface area contributed by atoms with E-state index in [2.05, 4.69) is 5.32 Å². The van der Waals surface area contributed by atoms with Crippen molar-refractivity contribution in [3.05, 3.63) is 65.4 Å². The Kier molecular flexibility index (Phi) is 5.82. The fourth-order valence-electron chi connectivity index (χ4n) is 3.91. The maximum Gasteiger partial charge on any atom is 0.416 e. The molecule has 0 spiro atoms. The van der Waals surface area contributed by atoms with Gasteiger partial charge in [-0.15, -0.1) is 0 Å². The van der Waals surface area contributed by atoms with Gasteiger partial charge in [-0.05, 0) is 35.9 Å². The highest BCUT2D eigenvalue weighted by Gasteiger charge is 2.33.